The monoisotopic (exact) mass is 329 g/mol. The standard InChI is InChI=1S/C14H20IN/c1-10-3-6-12(7-4-10)16-13-8-5-11(2)14(15)9-13/h5,8-10,12,16H,3-4,6-7H2,1-2H3. The fraction of sp³-hybridized carbons (Fsp3) is 0.571. The molecule has 1 aromatic rings. The minimum atomic E-state index is 0.690. The third-order valence-corrected chi connectivity index (χ3v) is 4.72. The lowest BCUT2D eigenvalue weighted by Gasteiger charge is -2.27. The number of benzene rings is 1. The summed E-state index contributed by atoms with van der Waals surface area (Å²) in [6.07, 6.45) is 5.40. The molecule has 2 heteroatoms. The van der Waals surface area contributed by atoms with E-state index in [-0.39, 0.29) is 0 Å². The van der Waals surface area contributed by atoms with Crippen LogP contribution in [-0.2, 0) is 0 Å². The molecule has 0 radical (unpaired) electrons. The van der Waals surface area contributed by atoms with Crippen molar-refractivity contribution in [2.75, 3.05) is 5.32 Å². The minimum absolute atomic E-state index is 0.690. The van der Waals surface area contributed by atoms with Crippen molar-refractivity contribution in [3.8, 4) is 0 Å². The number of hydrogen-bond donors (Lipinski definition) is 1. The summed E-state index contributed by atoms with van der Waals surface area (Å²) >= 11 is 2.41. The third-order valence-electron chi connectivity index (χ3n) is 3.56. The molecule has 1 N–H and O–H groups in total. The summed E-state index contributed by atoms with van der Waals surface area (Å²) in [5.74, 6) is 0.927. The second-order valence-corrected chi connectivity index (χ2v) is 6.23. The van der Waals surface area contributed by atoms with Crippen LogP contribution in [0.15, 0.2) is 18.2 Å². The van der Waals surface area contributed by atoms with E-state index in [1.54, 1.807) is 0 Å². The Bertz CT molecular complexity index is 354. The van der Waals surface area contributed by atoms with Crippen molar-refractivity contribution >= 4 is 28.3 Å². The number of anilines is 1. The average Bonchev–Trinajstić information content (AvgIpc) is 2.27. The summed E-state index contributed by atoms with van der Waals surface area (Å²) in [6.45, 7) is 4.53. The molecule has 0 heterocycles. The Balaban J connectivity index is 1.96. The van der Waals surface area contributed by atoms with E-state index in [4.69, 9.17) is 0 Å². The van der Waals surface area contributed by atoms with Crippen molar-refractivity contribution in [3.63, 3.8) is 0 Å². The molecule has 1 nitrogen and oxygen atoms in total. The van der Waals surface area contributed by atoms with Gasteiger partial charge >= 0.3 is 0 Å². The Hall–Kier alpha value is -0.250. The molecule has 1 aliphatic rings. The highest BCUT2D eigenvalue weighted by molar-refractivity contribution is 14.1. The van der Waals surface area contributed by atoms with Crippen molar-refractivity contribution in [3.05, 3.63) is 27.3 Å². The Morgan fingerprint density at radius 2 is 1.88 bits per heavy atom. The normalized spacial score (nSPS) is 25.4. The molecule has 1 aromatic carbocycles. The van der Waals surface area contributed by atoms with E-state index >= 15 is 0 Å². The van der Waals surface area contributed by atoms with Crippen molar-refractivity contribution < 1.29 is 0 Å². The topological polar surface area (TPSA) is 12.0 Å². The molecular weight excluding hydrogens is 309 g/mol. The predicted octanol–water partition coefficient (Wildman–Crippen LogP) is 4.59. The van der Waals surface area contributed by atoms with Gasteiger partial charge in [-0.2, -0.15) is 0 Å². The molecule has 1 saturated carbocycles. The van der Waals surface area contributed by atoms with E-state index in [1.165, 1.54) is 40.5 Å². The molecule has 1 aliphatic carbocycles. The van der Waals surface area contributed by atoms with Crippen LogP contribution < -0.4 is 5.32 Å². The first kappa shape index (κ1) is 12.2. The van der Waals surface area contributed by atoms with Gasteiger partial charge in [0.1, 0.15) is 0 Å². The summed E-state index contributed by atoms with van der Waals surface area (Å²) in [5, 5.41) is 3.66. The molecular formula is C14H20IN. The van der Waals surface area contributed by atoms with Crippen LogP contribution in [0.2, 0.25) is 0 Å². The molecule has 0 aliphatic heterocycles. The first-order chi connectivity index (χ1) is 7.65. The smallest absolute Gasteiger partial charge is 0.0353 e. The zero-order chi connectivity index (χ0) is 11.5. The van der Waals surface area contributed by atoms with E-state index in [2.05, 4.69) is 60.0 Å². The van der Waals surface area contributed by atoms with Gasteiger partial charge in [0.15, 0.2) is 0 Å². The zero-order valence-corrected chi connectivity index (χ0v) is 12.3. The van der Waals surface area contributed by atoms with Gasteiger partial charge < -0.3 is 5.32 Å². The number of halogens is 1. The van der Waals surface area contributed by atoms with Crippen LogP contribution in [0.1, 0.15) is 38.2 Å². The lowest BCUT2D eigenvalue weighted by atomic mass is 9.87. The lowest BCUT2D eigenvalue weighted by Crippen LogP contribution is -2.25. The highest BCUT2D eigenvalue weighted by Crippen LogP contribution is 2.26. The maximum absolute atomic E-state index is 3.66. The fourth-order valence-electron chi connectivity index (χ4n) is 2.32. The van der Waals surface area contributed by atoms with Gasteiger partial charge in [-0.15, -0.1) is 0 Å². The first-order valence-electron chi connectivity index (χ1n) is 6.18. The summed E-state index contributed by atoms with van der Waals surface area (Å²) in [5.41, 5.74) is 2.65. The largest absolute Gasteiger partial charge is 0.382 e. The quantitative estimate of drug-likeness (QED) is 0.783. The molecule has 0 unspecified atom stereocenters. The van der Waals surface area contributed by atoms with Gasteiger partial charge in [-0.25, -0.2) is 0 Å². The van der Waals surface area contributed by atoms with Crippen LogP contribution in [0.5, 0.6) is 0 Å². The lowest BCUT2D eigenvalue weighted by molar-refractivity contribution is 0.361. The Morgan fingerprint density at radius 1 is 1.19 bits per heavy atom. The number of nitrogens with one attached hydrogen (secondary N) is 1. The Morgan fingerprint density at radius 3 is 2.50 bits per heavy atom. The van der Waals surface area contributed by atoms with Gasteiger partial charge in [-0.1, -0.05) is 13.0 Å². The van der Waals surface area contributed by atoms with Gasteiger partial charge in [-0.05, 0) is 78.8 Å². The molecule has 0 bridgehead atoms. The van der Waals surface area contributed by atoms with Crippen LogP contribution in [0.4, 0.5) is 5.69 Å². The van der Waals surface area contributed by atoms with Crippen molar-refractivity contribution in [1.82, 2.24) is 0 Å². The van der Waals surface area contributed by atoms with Gasteiger partial charge in [0, 0.05) is 15.3 Å². The summed E-state index contributed by atoms with van der Waals surface area (Å²) in [4.78, 5) is 0. The SMILES string of the molecule is Cc1ccc(NC2CCC(C)CC2)cc1I. The van der Waals surface area contributed by atoms with Crippen LogP contribution in [-0.4, -0.2) is 6.04 Å². The molecule has 88 valence electrons. The maximum atomic E-state index is 3.66. The first-order valence-corrected chi connectivity index (χ1v) is 7.25. The zero-order valence-electron chi connectivity index (χ0n) is 10.1. The molecule has 2 rings (SSSR count). The molecule has 16 heavy (non-hydrogen) atoms. The number of rotatable bonds is 2. The second kappa shape index (κ2) is 5.39. The minimum Gasteiger partial charge on any atom is -0.382 e. The van der Waals surface area contributed by atoms with Gasteiger partial charge in [-0.3, -0.25) is 0 Å². The summed E-state index contributed by atoms with van der Waals surface area (Å²) < 4.78 is 1.35. The number of hydrogen-bond acceptors (Lipinski definition) is 1. The van der Waals surface area contributed by atoms with Gasteiger partial charge in [0.2, 0.25) is 0 Å². The molecule has 0 amide bonds. The van der Waals surface area contributed by atoms with Crippen LogP contribution in [0, 0.1) is 16.4 Å². The van der Waals surface area contributed by atoms with Crippen molar-refractivity contribution in [1.29, 1.82) is 0 Å². The van der Waals surface area contributed by atoms with Gasteiger partial charge in [0.05, 0.1) is 0 Å². The summed E-state index contributed by atoms with van der Waals surface area (Å²) in [7, 11) is 0. The van der Waals surface area contributed by atoms with E-state index in [0.717, 1.165) is 5.92 Å². The highest BCUT2D eigenvalue weighted by Gasteiger charge is 2.17. The van der Waals surface area contributed by atoms with Crippen molar-refractivity contribution in [2.45, 2.75) is 45.6 Å². The predicted molar refractivity (Wildman–Crippen MR) is 78.9 cm³/mol. The Labute approximate surface area is 112 Å². The van der Waals surface area contributed by atoms with E-state index < -0.39 is 0 Å². The third kappa shape index (κ3) is 3.12. The van der Waals surface area contributed by atoms with Crippen LogP contribution >= 0.6 is 22.6 Å². The maximum Gasteiger partial charge on any atom is 0.0353 e. The van der Waals surface area contributed by atoms with Crippen LogP contribution in [0.3, 0.4) is 0 Å². The molecule has 0 spiro atoms. The molecule has 0 aromatic heterocycles. The average molecular weight is 329 g/mol. The van der Waals surface area contributed by atoms with E-state index in [0.29, 0.717) is 6.04 Å². The molecule has 0 saturated heterocycles. The van der Waals surface area contributed by atoms with Crippen LogP contribution in [0.25, 0.3) is 0 Å². The number of aryl methyl sites for hydroxylation is 1. The molecule has 1 fully saturated rings. The Kier molecular flexibility index (Phi) is 4.11. The molecule has 0 atom stereocenters. The fourth-order valence-corrected chi connectivity index (χ4v) is 2.84. The van der Waals surface area contributed by atoms with Gasteiger partial charge in [0.25, 0.3) is 0 Å². The van der Waals surface area contributed by atoms with Crippen molar-refractivity contribution in [2.24, 2.45) is 5.92 Å². The summed E-state index contributed by atoms with van der Waals surface area (Å²) in [6, 6.07) is 7.36. The van der Waals surface area contributed by atoms with E-state index in [9.17, 15) is 0 Å². The highest BCUT2D eigenvalue weighted by atomic mass is 127. The second-order valence-electron chi connectivity index (χ2n) is 5.07. The van der Waals surface area contributed by atoms with E-state index in [1.807, 2.05) is 0 Å².